The van der Waals surface area contributed by atoms with Gasteiger partial charge in [-0.05, 0) is 51.3 Å². The third kappa shape index (κ3) is 6.03. The van der Waals surface area contributed by atoms with E-state index < -0.39 is 5.60 Å². The molecule has 2 fully saturated rings. The first-order valence-electron chi connectivity index (χ1n) is 10.9. The maximum Gasteiger partial charge on any atom is 0.410 e. The molecule has 31 heavy (non-hydrogen) atoms. The van der Waals surface area contributed by atoms with Crippen molar-refractivity contribution in [3.05, 3.63) is 29.8 Å². The summed E-state index contributed by atoms with van der Waals surface area (Å²) in [6.07, 6.45) is 1.62. The van der Waals surface area contributed by atoms with Crippen LogP contribution in [0.1, 0.15) is 39.2 Å². The van der Waals surface area contributed by atoms with Crippen LogP contribution < -0.4 is 15.4 Å². The Morgan fingerprint density at radius 3 is 2.42 bits per heavy atom. The fraction of sp³-hybridized carbons (Fsp3) is 0.652. The van der Waals surface area contributed by atoms with E-state index >= 15 is 0 Å². The summed E-state index contributed by atoms with van der Waals surface area (Å²) in [4.78, 5) is 18.2. The normalized spacial score (nSPS) is 19.4. The highest BCUT2D eigenvalue weighted by molar-refractivity contribution is 5.80. The average Bonchev–Trinajstić information content (AvgIpc) is 2.72. The molecule has 2 aliphatic heterocycles. The Balaban J connectivity index is 1.55. The minimum Gasteiger partial charge on any atom is -0.497 e. The highest BCUT2D eigenvalue weighted by Gasteiger charge is 2.36. The van der Waals surface area contributed by atoms with E-state index in [2.05, 4.69) is 27.8 Å². The van der Waals surface area contributed by atoms with Gasteiger partial charge in [0.05, 0.1) is 13.2 Å². The molecule has 0 unspecified atom stereocenters. The number of hydrogen-bond donors (Lipinski definition) is 2. The van der Waals surface area contributed by atoms with Gasteiger partial charge in [0.15, 0.2) is 5.96 Å². The molecule has 2 aliphatic rings. The van der Waals surface area contributed by atoms with Gasteiger partial charge in [-0.15, -0.1) is 0 Å². The van der Waals surface area contributed by atoms with Gasteiger partial charge in [-0.2, -0.15) is 0 Å². The Labute approximate surface area is 185 Å². The minimum absolute atomic E-state index is 0.0235. The number of methoxy groups -OCH3 is 1. The van der Waals surface area contributed by atoms with Crippen LogP contribution in [-0.2, 0) is 14.9 Å². The van der Waals surface area contributed by atoms with Crippen LogP contribution in [0.25, 0.3) is 0 Å². The van der Waals surface area contributed by atoms with Gasteiger partial charge in [0.1, 0.15) is 11.4 Å². The molecule has 172 valence electrons. The molecule has 2 heterocycles. The highest BCUT2D eigenvalue weighted by Crippen LogP contribution is 2.35. The Morgan fingerprint density at radius 1 is 1.23 bits per heavy atom. The SMILES string of the molecule is CN=C(NCC1(c2ccc(OC)cc2)CCOCC1)NC1CN(C(=O)OC(C)(C)C)C1. The van der Waals surface area contributed by atoms with Crippen LogP contribution in [0.4, 0.5) is 4.79 Å². The van der Waals surface area contributed by atoms with Crippen molar-refractivity contribution in [2.45, 2.75) is 50.7 Å². The largest absolute Gasteiger partial charge is 0.497 e. The summed E-state index contributed by atoms with van der Waals surface area (Å²) < 4.78 is 16.4. The van der Waals surface area contributed by atoms with Crippen molar-refractivity contribution in [1.82, 2.24) is 15.5 Å². The Hall–Kier alpha value is -2.48. The number of likely N-dealkylation sites (tertiary alicyclic amines) is 1. The number of carbonyl (C=O) groups excluding carboxylic acids is 1. The van der Waals surface area contributed by atoms with Crippen molar-refractivity contribution < 1.29 is 19.0 Å². The van der Waals surface area contributed by atoms with Crippen LogP contribution in [-0.4, -0.2) is 75.6 Å². The maximum absolute atomic E-state index is 12.1. The lowest BCUT2D eigenvalue weighted by Crippen LogP contribution is -2.63. The molecule has 0 atom stereocenters. The quantitative estimate of drug-likeness (QED) is 0.550. The summed E-state index contributed by atoms with van der Waals surface area (Å²) in [6.45, 7) is 9.08. The van der Waals surface area contributed by atoms with E-state index in [0.717, 1.165) is 44.3 Å². The molecule has 0 spiro atoms. The lowest BCUT2D eigenvalue weighted by molar-refractivity contribution is 0.00699. The van der Waals surface area contributed by atoms with Gasteiger partial charge in [-0.1, -0.05) is 12.1 Å². The van der Waals surface area contributed by atoms with Crippen LogP contribution >= 0.6 is 0 Å². The van der Waals surface area contributed by atoms with Gasteiger partial charge < -0.3 is 29.7 Å². The van der Waals surface area contributed by atoms with E-state index in [1.165, 1.54) is 5.56 Å². The molecule has 3 rings (SSSR count). The predicted molar refractivity (Wildman–Crippen MR) is 121 cm³/mol. The molecular formula is C23H36N4O4. The second kappa shape index (κ2) is 9.77. The topological polar surface area (TPSA) is 84.4 Å². The molecule has 0 bridgehead atoms. The molecule has 2 saturated heterocycles. The smallest absolute Gasteiger partial charge is 0.410 e. The molecule has 0 radical (unpaired) electrons. The Bertz CT molecular complexity index is 761. The zero-order chi connectivity index (χ0) is 22.5. The van der Waals surface area contributed by atoms with Gasteiger partial charge >= 0.3 is 6.09 Å². The number of benzene rings is 1. The standard InChI is InChI=1S/C23H36N4O4/c1-22(2,3)31-21(28)27-14-18(15-27)26-20(24-4)25-16-23(10-12-30-13-11-23)17-6-8-19(29-5)9-7-17/h6-9,18H,10-16H2,1-5H3,(H2,24,25,26). The van der Waals surface area contributed by atoms with Gasteiger partial charge in [0, 0.05) is 45.3 Å². The Kier molecular flexibility index (Phi) is 7.30. The molecule has 2 N–H and O–H groups in total. The van der Waals surface area contributed by atoms with E-state index in [0.29, 0.717) is 13.1 Å². The first-order valence-corrected chi connectivity index (χ1v) is 10.9. The van der Waals surface area contributed by atoms with Gasteiger partial charge in [-0.3, -0.25) is 4.99 Å². The van der Waals surface area contributed by atoms with Crippen LogP contribution in [0.15, 0.2) is 29.3 Å². The molecule has 8 heteroatoms. The molecule has 0 aromatic heterocycles. The second-order valence-electron chi connectivity index (χ2n) is 9.27. The van der Waals surface area contributed by atoms with Crippen LogP contribution in [0.3, 0.4) is 0 Å². The fourth-order valence-electron chi connectivity index (χ4n) is 3.96. The number of hydrogen-bond acceptors (Lipinski definition) is 5. The van der Waals surface area contributed by atoms with Crippen molar-refractivity contribution in [3.63, 3.8) is 0 Å². The van der Waals surface area contributed by atoms with Crippen LogP contribution in [0, 0.1) is 0 Å². The molecular weight excluding hydrogens is 396 g/mol. The van der Waals surface area contributed by atoms with Gasteiger partial charge in [0.2, 0.25) is 0 Å². The summed E-state index contributed by atoms with van der Waals surface area (Å²) in [5.41, 5.74) is 0.774. The summed E-state index contributed by atoms with van der Waals surface area (Å²) in [5.74, 6) is 1.60. The summed E-state index contributed by atoms with van der Waals surface area (Å²) in [7, 11) is 3.45. The molecule has 1 amide bonds. The summed E-state index contributed by atoms with van der Waals surface area (Å²) in [5, 5.41) is 6.92. The van der Waals surface area contributed by atoms with E-state index in [1.807, 2.05) is 32.9 Å². The maximum atomic E-state index is 12.1. The van der Waals surface area contributed by atoms with Gasteiger partial charge in [-0.25, -0.2) is 4.79 Å². The van der Waals surface area contributed by atoms with Crippen LogP contribution in [0.2, 0.25) is 0 Å². The molecule has 0 saturated carbocycles. The number of amides is 1. The van der Waals surface area contributed by atoms with E-state index in [1.54, 1.807) is 19.1 Å². The number of carbonyl (C=O) groups is 1. The second-order valence-corrected chi connectivity index (χ2v) is 9.27. The van der Waals surface area contributed by atoms with Crippen molar-refractivity contribution >= 4 is 12.1 Å². The Morgan fingerprint density at radius 2 is 1.87 bits per heavy atom. The van der Waals surface area contributed by atoms with Crippen molar-refractivity contribution in [3.8, 4) is 5.75 Å². The number of ether oxygens (including phenoxy) is 3. The first-order chi connectivity index (χ1) is 14.7. The van der Waals surface area contributed by atoms with E-state index in [-0.39, 0.29) is 17.6 Å². The predicted octanol–water partition coefficient (Wildman–Crippen LogP) is 2.53. The first kappa shape index (κ1) is 23.2. The van der Waals surface area contributed by atoms with Crippen molar-refractivity contribution in [2.24, 2.45) is 4.99 Å². The zero-order valence-corrected chi connectivity index (χ0v) is 19.4. The lowest BCUT2D eigenvalue weighted by atomic mass is 9.74. The monoisotopic (exact) mass is 432 g/mol. The van der Waals surface area contributed by atoms with Crippen LogP contribution in [0.5, 0.6) is 5.75 Å². The van der Waals surface area contributed by atoms with Crippen molar-refractivity contribution in [2.75, 3.05) is 47.0 Å². The molecule has 1 aromatic rings. The minimum atomic E-state index is -0.479. The van der Waals surface area contributed by atoms with Gasteiger partial charge in [0.25, 0.3) is 0 Å². The molecule has 0 aliphatic carbocycles. The highest BCUT2D eigenvalue weighted by atomic mass is 16.6. The summed E-state index contributed by atoms with van der Waals surface area (Å²) in [6, 6.07) is 8.47. The lowest BCUT2D eigenvalue weighted by Gasteiger charge is -2.41. The summed E-state index contributed by atoms with van der Waals surface area (Å²) >= 11 is 0. The number of nitrogens with zero attached hydrogens (tertiary/aromatic N) is 2. The fourth-order valence-corrected chi connectivity index (χ4v) is 3.96. The van der Waals surface area contributed by atoms with Crippen molar-refractivity contribution in [1.29, 1.82) is 0 Å². The van der Waals surface area contributed by atoms with E-state index in [4.69, 9.17) is 14.2 Å². The number of aliphatic imine (C=N–C) groups is 1. The zero-order valence-electron chi connectivity index (χ0n) is 19.4. The number of rotatable bonds is 5. The average molecular weight is 433 g/mol. The molecule has 1 aromatic carbocycles. The third-order valence-electron chi connectivity index (χ3n) is 5.84. The van der Waals surface area contributed by atoms with E-state index in [9.17, 15) is 4.79 Å². The number of nitrogens with one attached hydrogen (secondary N) is 2. The third-order valence-corrected chi connectivity index (χ3v) is 5.84. The number of guanidine groups is 1. The molecule has 8 nitrogen and oxygen atoms in total.